The first-order valence-electron chi connectivity index (χ1n) is 7.06. The van der Waals surface area contributed by atoms with Gasteiger partial charge in [-0.05, 0) is 29.8 Å². The van der Waals surface area contributed by atoms with E-state index in [0.717, 1.165) is 54.6 Å². The highest BCUT2D eigenvalue weighted by molar-refractivity contribution is 7.09. The fraction of sp³-hybridized carbons (Fsp3) is 0.400. The molecule has 0 aliphatic carbocycles. The zero-order valence-electron chi connectivity index (χ0n) is 12.0. The number of methoxy groups -OCH3 is 1. The lowest BCUT2D eigenvalue weighted by atomic mass is 10.1. The molecule has 6 heteroatoms. The number of nitrogens with zero attached hydrogens (tertiary/aromatic N) is 1. The van der Waals surface area contributed by atoms with Crippen molar-refractivity contribution >= 4 is 11.3 Å². The molecule has 1 aromatic carbocycles. The largest absolute Gasteiger partial charge is 0.497 e. The molecule has 1 aliphatic heterocycles. The minimum Gasteiger partial charge on any atom is -0.497 e. The molecule has 112 valence electrons. The van der Waals surface area contributed by atoms with E-state index in [0.29, 0.717) is 0 Å². The van der Waals surface area contributed by atoms with Gasteiger partial charge in [0.25, 0.3) is 0 Å². The topological polar surface area (TPSA) is 57.4 Å². The van der Waals surface area contributed by atoms with Crippen molar-refractivity contribution in [1.82, 2.24) is 15.2 Å². The van der Waals surface area contributed by atoms with Crippen LogP contribution in [0.1, 0.15) is 4.88 Å². The molecule has 1 aliphatic rings. The van der Waals surface area contributed by atoms with Gasteiger partial charge in [-0.1, -0.05) is 11.3 Å². The first kappa shape index (κ1) is 14.3. The molecule has 21 heavy (non-hydrogen) atoms. The number of nitrogens with one attached hydrogen (secondary N) is 2. The Kier molecular flexibility index (Phi) is 4.38. The first-order chi connectivity index (χ1) is 10.3. The molecule has 1 aromatic heterocycles. The van der Waals surface area contributed by atoms with Gasteiger partial charge < -0.3 is 15.0 Å². The van der Waals surface area contributed by atoms with Crippen LogP contribution in [-0.2, 0) is 6.54 Å². The van der Waals surface area contributed by atoms with Gasteiger partial charge in [0.15, 0.2) is 0 Å². The molecular weight excluding hydrogens is 286 g/mol. The average Bonchev–Trinajstić information content (AvgIpc) is 2.89. The number of benzene rings is 1. The van der Waals surface area contributed by atoms with E-state index < -0.39 is 0 Å². The number of ether oxygens (including phenoxy) is 1. The number of H-pyrrole nitrogens is 1. The Morgan fingerprint density at radius 1 is 1.24 bits per heavy atom. The quantitative estimate of drug-likeness (QED) is 0.899. The number of aromatic nitrogens is 1. The van der Waals surface area contributed by atoms with E-state index >= 15 is 0 Å². The summed E-state index contributed by atoms with van der Waals surface area (Å²) < 4.78 is 5.18. The van der Waals surface area contributed by atoms with Gasteiger partial charge in [-0.2, -0.15) is 0 Å². The lowest BCUT2D eigenvalue weighted by Crippen LogP contribution is -2.42. The standard InChI is InChI=1S/C15H19N3O2S/c1-20-12-4-2-11(3-5-12)14-13(21-15(19)17-14)10-18-8-6-16-7-9-18/h2-5,16H,6-10H2,1H3,(H,17,19). The maximum absolute atomic E-state index is 11.8. The molecule has 0 unspecified atom stereocenters. The third kappa shape index (κ3) is 3.34. The molecule has 0 saturated carbocycles. The molecule has 0 bridgehead atoms. The summed E-state index contributed by atoms with van der Waals surface area (Å²) in [5, 5.41) is 3.34. The van der Waals surface area contributed by atoms with E-state index in [-0.39, 0.29) is 4.87 Å². The van der Waals surface area contributed by atoms with E-state index in [1.165, 1.54) is 11.3 Å². The van der Waals surface area contributed by atoms with Crippen molar-refractivity contribution in [2.45, 2.75) is 6.54 Å². The van der Waals surface area contributed by atoms with E-state index in [4.69, 9.17) is 4.74 Å². The van der Waals surface area contributed by atoms with Crippen LogP contribution in [0.4, 0.5) is 0 Å². The van der Waals surface area contributed by atoms with Crippen LogP contribution in [0.25, 0.3) is 11.3 Å². The van der Waals surface area contributed by atoms with E-state index in [9.17, 15) is 4.79 Å². The number of piperazine rings is 1. The van der Waals surface area contributed by atoms with Gasteiger partial charge in [0.2, 0.25) is 0 Å². The molecule has 2 aromatic rings. The highest BCUT2D eigenvalue weighted by Gasteiger charge is 2.16. The summed E-state index contributed by atoms with van der Waals surface area (Å²) in [6.07, 6.45) is 0. The van der Waals surface area contributed by atoms with Crippen LogP contribution in [0.2, 0.25) is 0 Å². The lowest BCUT2D eigenvalue weighted by molar-refractivity contribution is 0.235. The zero-order valence-corrected chi connectivity index (χ0v) is 12.8. The first-order valence-corrected chi connectivity index (χ1v) is 7.87. The predicted octanol–water partition coefficient (Wildman–Crippen LogP) is 1.52. The van der Waals surface area contributed by atoms with Crippen molar-refractivity contribution in [1.29, 1.82) is 0 Å². The van der Waals surface area contributed by atoms with Gasteiger partial charge in [0, 0.05) is 37.6 Å². The van der Waals surface area contributed by atoms with Gasteiger partial charge >= 0.3 is 4.87 Å². The Morgan fingerprint density at radius 2 is 1.95 bits per heavy atom. The Hall–Kier alpha value is -1.63. The molecule has 1 saturated heterocycles. The second kappa shape index (κ2) is 6.43. The normalized spacial score (nSPS) is 16.0. The third-order valence-corrected chi connectivity index (χ3v) is 4.54. The molecule has 1 fully saturated rings. The third-order valence-electron chi connectivity index (χ3n) is 3.68. The van der Waals surface area contributed by atoms with Gasteiger partial charge in [0.1, 0.15) is 5.75 Å². The number of hydrogen-bond donors (Lipinski definition) is 2. The summed E-state index contributed by atoms with van der Waals surface area (Å²) in [5.74, 6) is 0.819. The summed E-state index contributed by atoms with van der Waals surface area (Å²) >= 11 is 1.31. The SMILES string of the molecule is COc1ccc(-c2[nH]c(=O)sc2CN2CCNCC2)cc1. The molecule has 5 nitrogen and oxygen atoms in total. The summed E-state index contributed by atoms with van der Waals surface area (Å²) in [6.45, 7) is 4.89. The highest BCUT2D eigenvalue weighted by atomic mass is 32.1. The van der Waals surface area contributed by atoms with Crippen LogP contribution in [-0.4, -0.2) is 43.2 Å². The summed E-state index contributed by atoms with van der Waals surface area (Å²) in [4.78, 5) is 18.2. The molecule has 0 spiro atoms. The van der Waals surface area contributed by atoms with Gasteiger partial charge in [-0.3, -0.25) is 9.69 Å². The van der Waals surface area contributed by atoms with Crippen LogP contribution in [0.5, 0.6) is 5.75 Å². The molecule has 2 N–H and O–H groups in total. The summed E-state index contributed by atoms with van der Waals surface area (Å²) in [5.41, 5.74) is 1.96. The minimum absolute atomic E-state index is 0.00551. The fourth-order valence-corrected chi connectivity index (χ4v) is 3.43. The Labute approximate surface area is 127 Å². The monoisotopic (exact) mass is 305 g/mol. The number of hydrogen-bond acceptors (Lipinski definition) is 5. The Bertz CT molecular complexity index is 642. The van der Waals surface area contributed by atoms with E-state index in [1.54, 1.807) is 7.11 Å². The maximum Gasteiger partial charge on any atom is 0.305 e. The van der Waals surface area contributed by atoms with Crippen molar-refractivity contribution < 1.29 is 4.74 Å². The molecule has 0 amide bonds. The van der Waals surface area contributed by atoms with Crippen LogP contribution in [0.15, 0.2) is 29.1 Å². The Morgan fingerprint density at radius 3 is 2.62 bits per heavy atom. The number of thiazole rings is 1. The van der Waals surface area contributed by atoms with Gasteiger partial charge in [0.05, 0.1) is 12.8 Å². The molecule has 0 radical (unpaired) electrons. The number of aromatic amines is 1. The Balaban J connectivity index is 1.85. The minimum atomic E-state index is 0.00551. The van der Waals surface area contributed by atoms with Gasteiger partial charge in [-0.15, -0.1) is 0 Å². The van der Waals surface area contributed by atoms with Crippen molar-refractivity contribution in [3.63, 3.8) is 0 Å². The van der Waals surface area contributed by atoms with Crippen LogP contribution < -0.4 is 14.9 Å². The van der Waals surface area contributed by atoms with Crippen molar-refractivity contribution in [2.75, 3.05) is 33.3 Å². The van der Waals surface area contributed by atoms with Crippen LogP contribution >= 0.6 is 11.3 Å². The van der Waals surface area contributed by atoms with Crippen molar-refractivity contribution in [3.8, 4) is 17.0 Å². The molecular formula is C15H19N3O2S. The molecule has 0 atom stereocenters. The average molecular weight is 305 g/mol. The van der Waals surface area contributed by atoms with Crippen LogP contribution in [0, 0.1) is 0 Å². The maximum atomic E-state index is 11.8. The van der Waals surface area contributed by atoms with Crippen molar-refractivity contribution in [3.05, 3.63) is 38.8 Å². The fourth-order valence-electron chi connectivity index (χ4n) is 2.53. The molecule has 2 heterocycles. The number of rotatable bonds is 4. The van der Waals surface area contributed by atoms with Crippen molar-refractivity contribution in [2.24, 2.45) is 0 Å². The van der Waals surface area contributed by atoms with Crippen LogP contribution in [0.3, 0.4) is 0 Å². The summed E-state index contributed by atoms with van der Waals surface area (Å²) in [6, 6.07) is 7.80. The van der Waals surface area contributed by atoms with Gasteiger partial charge in [-0.25, -0.2) is 0 Å². The summed E-state index contributed by atoms with van der Waals surface area (Å²) in [7, 11) is 1.65. The zero-order chi connectivity index (χ0) is 14.7. The second-order valence-electron chi connectivity index (χ2n) is 5.07. The second-order valence-corrected chi connectivity index (χ2v) is 6.14. The predicted molar refractivity (Wildman–Crippen MR) is 85.1 cm³/mol. The molecule has 3 rings (SSSR count). The highest BCUT2D eigenvalue weighted by Crippen LogP contribution is 2.26. The smallest absolute Gasteiger partial charge is 0.305 e. The van der Waals surface area contributed by atoms with E-state index in [2.05, 4.69) is 15.2 Å². The van der Waals surface area contributed by atoms with E-state index in [1.807, 2.05) is 24.3 Å². The lowest BCUT2D eigenvalue weighted by Gasteiger charge is -2.26.